The van der Waals surface area contributed by atoms with E-state index in [0.29, 0.717) is 30.6 Å². The number of benzene rings is 3. The number of amides is 2. The molecule has 0 aliphatic rings. The molecule has 2 N–H and O–H groups in total. The number of rotatable bonds is 8. The normalized spacial score (nSPS) is 10.2. The number of carbonyl (C=O) groups is 2. The maximum absolute atomic E-state index is 12.4. The lowest BCUT2D eigenvalue weighted by molar-refractivity contribution is 0.0950. The molecule has 5 nitrogen and oxygen atoms in total. The smallest absolute Gasteiger partial charge is 0.251 e. The maximum atomic E-state index is 12.4. The molecule has 0 radical (unpaired) electrons. The molecule has 3 rings (SSSR count). The van der Waals surface area contributed by atoms with Gasteiger partial charge in [-0.25, -0.2) is 0 Å². The highest BCUT2D eigenvalue weighted by atomic mass is 16.5. The van der Waals surface area contributed by atoms with Gasteiger partial charge in [0, 0.05) is 24.2 Å². The molecule has 0 spiro atoms. The molecule has 0 aliphatic heterocycles. The van der Waals surface area contributed by atoms with Gasteiger partial charge in [-0.15, -0.1) is 0 Å². The second-order valence-electron chi connectivity index (χ2n) is 6.60. The number of carbonyl (C=O) groups excluding carboxylic acids is 2. The van der Waals surface area contributed by atoms with Crippen LogP contribution in [0.2, 0.25) is 0 Å². The highest BCUT2D eigenvalue weighted by Gasteiger charge is 2.10. The third kappa shape index (κ3) is 5.94. The van der Waals surface area contributed by atoms with E-state index in [-0.39, 0.29) is 11.8 Å². The van der Waals surface area contributed by atoms with Crippen molar-refractivity contribution in [3.05, 3.63) is 101 Å². The minimum Gasteiger partial charge on any atom is -0.497 e. The molecule has 0 aliphatic carbocycles. The minimum absolute atomic E-state index is 0.198. The molecule has 5 heteroatoms. The van der Waals surface area contributed by atoms with Gasteiger partial charge >= 0.3 is 0 Å². The summed E-state index contributed by atoms with van der Waals surface area (Å²) in [4.78, 5) is 24.8. The summed E-state index contributed by atoms with van der Waals surface area (Å²) in [6.45, 7) is 0.952. The van der Waals surface area contributed by atoms with Gasteiger partial charge in [0.2, 0.25) is 0 Å². The summed E-state index contributed by atoms with van der Waals surface area (Å²) in [7, 11) is 1.63. The van der Waals surface area contributed by atoms with Crippen LogP contribution >= 0.6 is 0 Å². The van der Waals surface area contributed by atoms with Crippen molar-refractivity contribution >= 4 is 11.8 Å². The quantitative estimate of drug-likeness (QED) is 0.620. The summed E-state index contributed by atoms with van der Waals surface area (Å²) in [6, 6.07) is 24.2. The van der Waals surface area contributed by atoms with Crippen molar-refractivity contribution in [3.63, 3.8) is 0 Å². The number of hydrogen-bond donors (Lipinski definition) is 2. The Labute approximate surface area is 170 Å². The standard InChI is InChI=1S/C24H24N2O3/c1-29-22-12-10-18(11-13-22)14-15-25-23(27)20-8-5-9-21(16-20)24(28)26-17-19-6-3-2-4-7-19/h2-13,16H,14-15,17H2,1H3,(H,25,27)(H,26,28). The maximum Gasteiger partial charge on any atom is 0.251 e. The largest absolute Gasteiger partial charge is 0.497 e. The van der Waals surface area contributed by atoms with E-state index in [1.165, 1.54) is 0 Å². The zero-order valence-corrected chi connectivity index (χ0v) is 16.4. The van der Waals surface area contributed by atoms with E-state index in [9.17, 15) is 9.59 Å². The van der Waals surface area contributed by atoms with Gasteiger partial charge in [-0.3, -0.25) is 9.59 Å². The molecule has 3 aromatic carbocycles. The molecule has 0 atom stereocenters. The second kappa shape index (κ2) is 10.1. The molecule has 0 fully saturated rings. The van der Waals surface area contributed by atoms with Crippen LogP contribution in [0.4, 0.5) is 0 Å². The van der Waals surface area contributed by atoms with Crippen LogP contribution in [0.5, 0.6) is 5.75 Å². The third-order valence-corrected chi connectivity index (χ3v) is 4.54. The van der Waals surface area contributed by atoms with Crippen LogP contribution in [-0.2, 0) is 13.0 Å². The molecular weight excluding hydrogens is 364 g/mol. The van der Waals surface area contributed by atoms with Gasteiger partial charge in [0.05, 0.1) is 7.11 Å². The van der Waals surface area contributed by atoms with Crippen LogP contribution in [0.1, 0.15) is 31.8 Å². The van der Waals surface area contributed by atoms with Crippen LogP contribution in [0, 0.1) is 0 Å². The summed E-state index contributed by atoms with van der Waals surface area (Å²) in [5.41, 5.74) is 3.06. The fraction of sp³-hybridized carbons (Fsp3) is 0.167. The highest BCUT2D eigenvalue weighted by Crippen LogP contribution is 2.11. The van der Waals surface area contributed by atoms with Gasteiger partial charge in [-0.2, -0.15) is 0 Å². The van der Waals surface area contributed by atoms with E-state index in [1.807, 2.05) is 54.6 Å². The molecule has 29 heavy (non-hydrogen) atoms. The van der Waals surface area contributed by atoms with Crippen molar-refractivity contribution in [2.75, 3.05) is 13.7 Å². The average Bonchev–Trinajstić information content (AvgIpc) is 2.78. The van der Waals surface area contributed by atoms with Gasteiger partial charge in [0.25, 0.3) is 11.8 Å². The first-order chi connectivity index (χ1) is 14.2. The summed E-state index contributed by atoms with van der Waals surface area (Å²) in [6.07, 6.45) is 0.715. The van der Waals surface area contributed by atoms with Gasteiger partial charge in [-0.05, 0) is 47.9 Å². The number of ether oxygens (including phenoxy) is 1. The van der Waals surface area contributed by atoms with E-state index in [4.69, 9.17) is 4.74 Å². The lowest BCUT2D eigenvalue weighted by Crippen LogP contribution is -2.27. The van der Waals surface area contributed by atoms with Crippen molar-refractivity contribution in [1.82, 2.24) is 10.6 Å². The van der Waals surface area contributed by atoms with Gasteiger partial charge < -0.3 is 15.4 Å². The molecule has 0 saturated carbocycles. The molecule has 0 aromatic heterocycles. The predicted octanol–water partition coefficient (Wildman–Crippen LogP) is 3.60. The number of nitrogens with one attached hydrogen (secondary N) is 2. The lowest BCUT2D eigenvalue weighted by atomic mass is 10.1. The molecule has 2 amide bonds. The summed E-state index contributed by atoms with van der Waals surface area (Å²) in [5.74, 6) is 0.401. The Bertz CT molecular complexity index is 953. The van der Waals surface area contributed by atoms with E-state index in [0.717, 1.165) is 16.9 Å². The van der Waals surface area contributed by atoms with Crippen LogP contribution < -0.4 is 15.4 Å². The summed E-state index contributed by atoms with van der Waals surface area (Å²) < 4.78 is 5.14. The van der Waals surface area contributed by atoms with Crippen molar-refractivity contribution in [2.45, 2.75) is 13.0 Å². The first kappa shape index (κ1) is 20.1. The predicted molar refractivity (Wildman–Crippen MR) is 113 cm³/mol. The molecule has 0 saturated heterocycles. The first-order valence-corrected chi connectivity index (χ1v) is 9.49. The Hall–Kier alpha value is -3.60. The molecule has 148 valence electrons. The molecular formula is C24H24N2O3. The van der Waals surface area contributed by atoms with Crippen molar-refractivity contribution in [1.29, 1.82) is 0 Å². The van der Waals surface area contributed by atoms with Crippen molar-refractivity contribution in [2.24, 2.45) is 0 Å². The Morgan fingerprint density at radius 1 is 0.759 bits per heavy atom. The Balaban J connectivity index is 1.52. The van der Waals surface area contributed by atoms with Crippen molar-refractivity contribution < 1.29 is 14.3 Å². The van der Waals surface area contributed by atoms with Gasteiger partial charge in [0.15, 0.2) is 0 Å². The van der Waals surface area contributed by atoms with E-state index < -0.39 is 0 Å². The Morgan fingerprint density at radius 3 is 2.07 bits per heavy atom. The monoisotopic (exact) mass is 388 g/mol. The molecule has 0 bridgehead atoms. The van der Waals surface area contributed by atoms with E-state index in [2.05, 4.69) is 10.6 Å². The molecule has 0 unspecified atom stereocenters. The first-order valence-electron chi connectivity index (χ1n) is 9.49. The Kier molecular flexibility index (Phi) is 7.00. The lowest BCUT2D eigenvalue weighted by Gasteiger charge is -2.09. The van der Waals surface area contributed by atoms with Crippen LogP contribution in [-0.4, -0.2) is 25.5 Å². The summed E-state index contributed by atoms with van der Waals surface area (Å²) in [5, 5.41) is 5.77. The van der Waals surface area contributed by atoms with Crippen LogP contribution in [0.15, 0.2) is 78.9 Å². The third-order valence-electron chi connectivity index (χ3n) is 4.54. The van der Waals surface area contributed by atoms with Crippen LogP contribution in [0.25, 0.3) is 0 Å². The topological polar surface area (TPSA) is 67.4 Å². The SMILES string of the molecule is COc1ccc(CCNC(=O)c2cccc(C(=O)NCc3ccccc3)c2)cc1. The van der Waals surface area contributed by atoms with Gasteiger partial charge in [0.1, 0.15) is 5.75 Å². The van der Waals surface area contributed by atoms with Crippen molar-refractivity contribution in [3.8, 4) is 5.75 Å². The Morgan fingerprint density at radius 2 is 1.41 bits per heavy atom. The fourth-order valence-corrected chi connectivity index (χ4v) is 2.90. The zero-order valence-electron chi connectivity index (χ0n) is 16.4. The zero-order chi connectivity index (χ0) is 20.5. The van der Waals surface area contributed by atoms with Crippen LogP contribution in [0.3, 0.4) is 0 Å². The molecule has 0 heterocycles. The van der Waals surface area contributed by atoms with E-state index in [1.54, 1.807) is 31.4 Å². The summed E-state index contributed by atoms with van der Waals surface area (Å²) >= 11 is 0. The fourth-order valence-electron chi connectivity index (χ4n) is 2.90. The molecule has 3 aromatic rings. The second-order valence-corrected chi connectivity index (χ2v) is 6.60. The number of hydrogen-bond acceptors (Lipinski definition) is 3. The average molecular weight is 388 g/mol. The highest BCUT2D eigenvalue weighted by molar-refractivity contribution is 5.99. The van der Waals surface area contributed by atoms with E-state index >= 15 is 0 Å². The number of methoxy groups -OCH3 is 1. The van der Waals surface area contributed by atoms with Gasteiger partial charge in [-0.1, -0.05) is 48.5 Å². The minimum atomic E-state index is -0.207.